The van der Waals surface area contributed by atoms with E-state index in [0.717, 1.165) is 108 Å². The van der Waals surface area contributed by atoms with E-state index in [1.165, 1.54) is 35.3 Å². The topological polar surface area (TPSA) is 163 Å². The van der Waals surface area contributed by atoms with Gasteiger partial charge in [0.05, 0.1) is 21.6 Å². The number of hydrogen-bond acceptors (Lipinski definition) is 10. The van der Waals surface area contributed by atoms with Crippen molar-refractivity contribution in [3.8, 4) is 11.5 Å². The Labute approximate surface area is 360 Å². The summed E-state index contributed by atoms with van der Waals surface area (Å²) in [5.74, 6) is 0.651. The molecule has 2 aromatic heterocycles. The fraction of sp³-hybridized carbons (Fsp3) is 0.489. The third-order valence-electron chi connectivity index (χ3n) is 12.8. The van der Waals surface area contributed by atoms with E-state index < -0.39 is 25.7 Å². The number of piperazine rings is 1. The lowest BCUT2D eigenvalue weighted by Crippen LogP contribution is -2.47. The van der Waals surface area contributed by atoms with Gasteiger partial charge < -0.3 is 19.9 Å². The van der Waals surface area contributed by atoms with Crippen molar-refractivity contribution >= 4 is 44.0 Å². The number of rotatable bonds is 16. The van der Waals surface area contributed by atoms with Crippen LogP contribution < -0.4 is 19.7 Å². The molecule has 3 heterocycles. The van der Waals surface area contributed by atoms with Crippen molar-refractivity contribution in [1.29, 1.82) is 0 Å². The van der Waals surface area contributed by atoms with Crippen LogP contribution in [0, 0.1) is 27.4 Å². The first-order valence-electron chi connectivity index (χ1n) is 21.9. The summed E-state index contributed by atoms with van der Waals surface area (Å²) in [6.45, 7) is 18.4. The predicted molar refractivity (Wildman–Crippen MR) is 242 cm³/mol. The number of carbonyl (C=O) groups is 1. The highest BCUT2D eigenvalue weighted by Crippen LogP contribution is 2.42. The van der Waals surface area contributed by atoms with E-state index in [2.05, 4.69) is 64.1 Å². The fourth-order valence-corrected chi connectivity index (χ4v) is 9.93. The van der Waals surface area contributed by atoms with Crippen molar-refractivity contribution in [2.45, 2.75) is 96.8 Å². The van der Waals surface area contributed by atoms with Crippen LogP contribution in [-0.2, 0) is 10.0 Å². The zero-order chi connectivity index (χ0) is 43.3. The number of unbranched alkanes of at least 4 members (excludes halogenated alkanes) is 1. The van der Waals surface area contributed by atoms with E-state index in [0.29, 0.717) is 29.8 Å². The van der Waals surface area contributed by atoms with Crippen LogP contribution in [0.4, 0.5) is 17.1 Å². The van der Waals surface area contributed by atoms with Crippen LogP contribution in [0.1, 0.15) is 102 Å². The van der Waals surface area contributed by atoms with Crippen molar-refractivity contribution < 1.29 is 22.9 Å². The second kappa shape index (κ2) is 18.8. The maximum absolute atomic E-state index is 13.9. The second-order valence-electron chi connectivity index (χ2n) is 18.1. The Morgan fingerprint density at radius 2 is 1.84 bits per heavy atom. The molecule has 0 spiro atoms. The Morgan fingerprint density at radius 1 is 1.07 bits per heavy atom. The van der Waals surface area contributed by atoms with Crippen LogP contribution in [0.2, 0.25) is 0 Å². The number of aromatic nitrogens is 2. The second-order valence-corrected chi connectivity index (χ2v) is 19.8. The smallest absolute Gasteiger partial charge is 0.293 e. The zero-order valence-electron chi connectivity index (χ0n) is 36.1. The van der Waals surface area contributed by atoms with Gasteiger partial charge in [0, 0.05) is 68.7 Å². The zero-order valence-corrected chi connectivity index (χ0v) is 36.9. The first kappa shape index (κ1) is 43.9. The van der Waals surface area contributed by atoms with E-state index in [1.807, 2.05) is 6.07 Å². The normalized spacial score (nSPS) is 19.8. The molecule has 0 bridgehead atoms. The summed E-state index contributed by atoms with van der Waals surface area (Å²) in [5.41, 5.74) is 5.92. The number of fused-ring (bicyclic) bond motifs is 1. The van der Waals surface area contributed by atoms with Crippen LogP contribution in [0.15, 0.2) is 89.1 Å². The standard InChI is InChI=1S/C47H61N7O6S/c1-6-7-8-33(3)41-28-47(4,5)19-17-36(41)31-52-21-23-53(24-22-52)37-13-15-40(44(26-37)60-38-25-35-18-20-48-45(35)50-30-38)46(55)51-61(58,59)39-14-16-42(43(27-39)54(56)57)49-29-34-11-9-32(2)10-12-34/h13-16,18,20,25-27,30,32,34,49H,3,6-12,17,19,21-24,28-29,31H2,1-2,4-5H3,(H,48,50)(H,51,55). The third-order valence-corrected chi connectivity index (χ3v) is 14.2. The van der Waals surface area contributed by atoms with Crippen molar-refractivity contribution in [3.63, 3.8) is 0 Å². The van der Waals surface area contributed by atoms with Gasteiger partial charge in [-0.15, -0.1) is 0 Å². The number of carbonyl (C=O) groups excluding carboxylic acids is 1. The number of pyridine rings is 1. The Morgan fingerprint density at radius 3 is 2.57 bits per heavy atom. The minimum atomic E-state index is -4.53. The maximum Gasteiger partial charge on any atom is 0.293 e. The quantitative estimate of drug-likeness (QED) is 0.0731. The Kier molecular flexibility index (Phi) is 13.5. The largest absolute Gasteiger partial charge is 0.455 e. The number of nitrogens with one attached hydrogen (secondary N) is 3. The molecule has 1 aliphatic heterocycles. The van der Waals surface area contributed by atoms with Gasteiger partial charge >= 0.3 is 0 Å². The van der Waals surface area contributed by atoms with E-state index in [4.69, 9.17) is 4.74 Å². The lowest BCUT2D eigenvalue weighted by atomic mass is 9.72. The summed E-state index contributed by atoms with van der Waals surface area (Å²) in [4.78, 5) is 37.3. The summed E-state index contributed by atoms with van der Waals surface area (Å²) >= 11 is 0. The van der Waals surface area contributed by atoms with Gasteiger partial charge in [0.25, 0.3) is 21.6 Å². The number of allylic oxidation sites excluding steroid dienone is 2. The van der Waals surface area contributed by atoms with E-state index in [9.17, 15) is 23.3 Å². The Hall–Kier alpha value is -5.21. The molecule has 7 rings (SSSR count). The first-order valence-corrected chi connectivity index (χ1v) is 23.4. The number of nitro benzene ring substituents is 1. The highest BCUT2D eigenvalue weighted by atomic mass is 32.2. The fourth-order valence-electron chi connectivity index (χ4n) is 8.94. The molecule has 0 radical (unpaired) electrons. The van der Waals surface area contributed by atoms with E-state index in [-0.39, 0.29) is 28.1 Å². The molecular formula is C47H61N7O6S. The van der Waals surface area contributed by atoms with Gasteiger partial charge in [0.1, 0.15) is 22.8 Å². The summed E-state index contributed by atoms with van der Waals surface area (Å²) in [6.07, 6.45) is 14.3. The summed E-state index contributed by atoms with van der Waals surface area (Å²) in [7, 11) is -4.53. The lowest BCUT2D eigenvalue weighted by Gasteiger charge is -2.39. The monoisotopic (exact) mass is 851 g/mol. The number of nitrogens with zero attached hydrogens (tertiary/aromatic N) is 4. The number of sulfonamides is 1. The first-order chi connectivity index (χ1) is 29.2. The SMILES string of the molecule is C=C(CCCC)C1=C(CN2CCN(c3ccc(C(=O)NS(=O)(=O)c4ccc(NCC5CCC(C)CC5)c([N+](=O)[O-])c4)c(Oc4cnc5[nH]ccc5c4)c3)CC2)CCC(C)(C)C1. The average Bonchev–Trinajstić information content (AvgIpc) is 3.71. The molecule has 0 atom stereocenters. The highest BCUT2D eigenvalue weighted by Gasteiger charge is 2.31. The summed E-state index contributed by atoms with van der Waals surface area (Å²) < 4.78 is 35.9. The number of ether oxygens (including phenoxy) is 1. The molecule has 1 saturated heterocycles. The molecule has 13 nitrogen and oxygen atoms in total. The van der Waals surface area contributed by atoms with Gasteiger partial charge in [-0.25, -0.2) is 18.1 Å². The molecular weight excluding hydrogens is 791 g/mol. The van der Waals surface area contributed by atoms with Crippen molar-refractivity contribution in [2.75, 3.05) is 49.5 Å². The summed E-state index contributed by atoms with van der Waals surface area (Å²) in [5, 5.41) is 16.1. The molecule has 2 aromatic carbocycles. The van der Waals surface area contributed by atoms with Crippen molar-refractivity contribution in [2.24, 2.45) is 17.3 Å². The highest BCUT2D eigenvalue weighted by molar-refractivity contribution is 7.90. The molecule has 2 aliphatic carbocycles. The number of nitro groups is 1. The van der Waals surface area contributed by atoms with E-state index >= 15 is 0 Å². The molecule has 4 aromatic rings. The lowest BCUT2D eigenvalue weighted by molar-refractivity contribution is -0.384. The Balaban J connectivity index is 1.08. The molecule has 0 unspecified atom stereocenters. The van der Waals surface area contributed by atoms with E-state index in [1.54, 1.807) is 36.7 Å². The van der Waals surface area contributed by atoms with Gasteiger partial charge in [-0.1, -0.05) is 64.7 Å². The molecule has 3 aliphatic rings. The molecule has 3 N–H and O–H groups in total. The minimum absolute atomic E-state index is 0.0160. The Bertz CT molecular complexity index is 2390. The van der Waals surface area contributed by atoms with Gasteiger partial charge in [0.15, 0.2) is 0 Å². The number of H-pyrrole nitrogens is 1. The number of anilines is 2. The number of amides is 1. The van der Waals surface area contributed by atoms with Crippen LogP contribution >= 0.6 is 0 Å². The van der Waals surface area contributed by atoms with Crippen LogP contribution in [0.5, 0.6) is 11.5 Å². The van der Waals surface area contributed by atoms with Crippen LogP contribution in [0.25, 0.3) is 11.0 Å². The maximum atomic E-state index is 13.9. The molecule has 14 heteroatoms. The molecule has 2 fully saturated rings. The number of aromatic amines is 1. The van der Waals surface area contributed by atoms with Gasteiger partial charge in [-0.05, 0) is 104 Å². The predicted octanol–water partition coefficient (Wildman–Crippen LogP) is 10.00. The van der Waals surface area contributed by atoms with Crippen molar-refractivity contribution in [1.82, 2.24) is 19.6 Å². The number of hydrogen-bond donors (Lipinski definition) is 3. The molecule has 1 saturated carbocycles. The molecule has 326 valence electrons. The van der Waals surface area contributed by atoms with Gasteiger partial charge in [-0.2, -0.15) is 0 Å². The van der Waals surface area contributed by atoms with Crippen LogP contribution in [-0.4, -0.2) is 73.4 Å². The van der Waals surface area contributed by atoms with Gasteiger partial charge in [-0.3, -0.25) is 19.8 Å². The summed E-state index contributed by atoms with van der Waals surface area (Å²) in [6, 6.07) is 12.4. The minimum Gasteiger partial charge on any atom is -0.455 e. The average molecular weight is 852 g/mol. The van der Waals surface area contributed by atoms with Crippen molar-refractivity contribution in [3.05, 3.63) is 99.9 Å². The third kappa shape index (κ3) is 10.8. The molecule has 61 heavy (non-hydrogen) atoms. The van der Waals surface area contributed by atoms with Crippen LogP contribution in [0.3, 0.4) is 0 Å². The molecule has 1 amide bonds. The van der Waals surface area contributed by atoms with Gasteiger partial charge in [0.2, 0.25) is 0 Å². The number of benzene rings is 2.